The standard InChI is InChI=1S/C73H103N17O26/c1-6-35(2)16-9-7-8-10-22-54(94)82-45(25-39-31-77-43-20-14-12-17-40(39)43)67(109)85-46(27-53(76)93)68(110)87-49(30-60(103)104)69(111)90-62-38(5)116-73(115)50(26-52(92)41-18-11-13-19-42(41)75)88-72(114)61(36(3)24-57(97)98)89-70(112)51(34-91)83-56(96)32-78-64(106)47(28-58(99)100)84-63(105)37(4)80-66(108)48(29-59(101)102)86-65(107)44(21-15-23-74)81-55(95)33-79-71(62)113/h11-14,17-20,31,35-38,44-51,61-62,77,91H,6-10,15-16,21-30,32-34,74-75H2,1-5H3,(H2,76,93)(H,78,106)(H,79,113)(H,80,108)(H,81,95)(H,82,94)(H,83,96)(H,84,105)(H,85,109)(H,86,107)(H,87,110)(H,88,114)(H,89,112)(H,90,111)(H,97,98)(H,99,100)(H,101,102)(H,103,104)/t35?,36-,37-,38?,44+,45+,46-,47+,48?,49+,50+,51-,61?,62?/m1/s1. The molecule has 5 unspecified atom stereocenters. The highest BCUT2D eigenvalue weighted by Crippen LogP contribution is 2.22. The zero-order valence-corrected chi connectivity index (χ0v) is 64.5. The Balaban J connectivity index is 1.87. The van der Waals surface area contributed by atoms with Crippen molar-refractivity contribution in [2.45, 2.75) is 210 Å². The molecule has 2 heterocycles. The van der Waals surface area contributed by atoms with E-state index in [1.807, 2.05) is 16.0 Å². The van der Waals surface area contributed by atoms with Gasteiger partial charge in [-0.15, -0.1) is 0 Å². The Labute approximate surface area is 663 Å². The molecule has 0 aliphatic carbocycles. The third-order valence-corrected chi connectivity index (χ3v) is 18.4. The molecule has 43 heteroatoms. The molecule has 636 valence electrons. The Kier molecular flexibility index (Phi) is 39.4. The van der Waals surface area contributed by atoms with Crippen LogP contribution in [0.5, 0.6) is 0 Å². The Morgan fingerprint density at radius 2 is 1.11 bits per heavy atom. The molecular weight excluding hydrogens is 1530 g/mol. The number of hydrogen-bond acceptors (Lipinski definition) is 24. The highest BCUT2D eigenvalue weighted by Gasteiger charge is 2.41. The van der Waals surface area contributed by atoms with Crippen molar-refractivity contribution in [1.29, 1.82) is 0 Å². The number of carbonyl (C=O) groups is 20. The number of nitrogens with two attached hydrogens (primary N) is 3. The van der Waals surface area contributed by atoms with Gasteiger partial charge in [0.05, 0.1) is 51.8 Å². The van der Waals surface area contributed by atoms with Crippen molar-refractivity contribution in [3.8, 4) is 0 Å². The van der Waals surface area contributed by atoms with E-state index in [1.54, 1.807) is 30.5 Å². The summed E-state index contributed by atoms with van der Waals surface area (Å²) in [6, 6.07) is -10.5. The average molecular weight is 1630 g/mol. The molecule has 4 rings (SSSR count). The molecular formula is C73H103N17O26. The van der Waals surface area contributed by atoms with Gasteiger partial charge in [-0.3, -0.25) is 91.1 Å². The molecule has 0 radical (unpaired) electrons. The van der Waals surface area contributed by atoms with Crippen molar-refractivity contribution >= 4 is 135 Å². The highest BCUT2D eigenvalue weighted by atomic mass is 16.5. The predicted octanol–water partition coefficient (Wildman–Crippen LogP) is -5.38. The lowest BCUT2D eigenvalue weighted by Gasteiger charge is -2.30. The number of Topliss-reactive ketones (excluding diaryl/α,β-unsaturated/α-hetero) is 1. The van der Waals surface area contributed by atoms with Gasteiger partial charge in [0.25, 0.3) is 0 Å². The minimum atomic E-state index is -2.45. The van der Waals surface area contributed by atoms with Crippen LogP contribution in [0.1, 0.15) is 147 Å². The maximum absolute atomic E-state index is 14.8. The summed E-state index contributed by atoms with van der Waals surface area (Å²) in [6.07, 6.45) is -3.45. The maximum atomic E-state index is 14.8. The number of para-hydroxylation sites is 2. The number of amides is 14. The number of rotatable bonds is 35. The maximum Gasteiger partial charge on any atom is 0.329 e. The van der Waals surface area contributed by atoms with Crippen LogP contribution in [0.2, 0.25) is 0 Å². The molecule has 1 aliphatic heterocycles. The van der Waals surface area contributed by atoms with Crippen LogP contribution in [0.3, 0.4) is 0 Å². The van der Waals surface area contributed by atoms with Crippen LogP contribution < -0.4 is 86.3 Å². The van der Waals surface area contributed by atoms with Crippen molar-refractivity contribution in [2.24, 2.45) is 23.3 Å². The molecule has 0 saturated carbocycles. The normalized spacial score (nSPS) is 21.4. The summed E-state index contributed by atoms with van der Waals surface area (Å²) in [6.45, 7) is 3.27. The van der Waals surface area contributed by atoms with Crippen LogP contribution in [0.15, 0.2) is 54.7 Å². The summed E-state index contributed by atoms with van der Waals surface area (Å²) in [5, 5.41) is 78.7. The number of anilines is 1. The van der Waals surface area contributed by atoms with Crippen LogP contribution in [0, 0.1) is 11.8 Å². The molecule has 1 saturated heterocycles. The van der Waals surface area contributed by atoms with Gasteiger partial charge < -0.3 is 122 Å². The smallest absolute Gasteiger partial charge is 0.329 e. The van der Waals surface area contributed by atoms with Crippen LogP contribution in [0.25, 0.3) is 10.9 Å². The SMILES string of the molecule is CCC(C)CCCCCCC(=O)N[C@@H](Cc1c[nH]c2ccccc12)C(=O)N[C@H](CC(N)=O)C(=O)N[C@@H](CC(=O)O)C(=O)NC1C(=O)NCC(=O)N[C@@H](CCCN)C(=O)NC(CC(=O)O)C(=O)N[C@H](C)C(=O)N[C@@H](CC(=O)O)C(=O)NCC(=O)N[C@H](CO)C(=O)NC([C@H](C)CC(=O)O)C(=O)N[C@@H](CC(=O)c2ccccc2N)C(=O)OC1C. The van der Waals surface area contributed by atoms with E-state index in [-0.39, 0.29) is 37.1 Å². The van der Waals surface area contributed by atoms with Gasteiger partial charge in [0.1, 0.15) is 72.6 Å². The van der Waals surface area contributed by atoms with E-state index in [2.05, 4.69) is 72.0 Å². The van der Waals surface area contributed by atoms with Crippen molar-refractivity contribution in [3.05, 3.63) is 65.9 Å². The van der Waals surface area contributed by atoms with Crippen LogP contribution >= 0.6 is 0 Å². The van der Waals surface area contributed by atoms with Crippen LogP contribution in [0.4, 0.5) is 5.69 Å². The Hall–Kier alpha value is -12.7. The number of benzene rings is 2. The number of carboxylic acids is 4. The number of aliphatic hydroxyl groups excluding tert-OH is 1. The quantitative estimate of drug-likeness (QED) is 0.0113. The first-order chi connectivity index (χ1) is 54.7. The number of aliphatic hydroxyl groups is 1. The number of nitrogen functional groups attached to an aromatic ring is 1. The molecule has 3 aromatic rings. The number of aromatic nitrogens is 1. The molecule has 1 aliphatic rings. The van der Waals surface area contributed by atoms with Crippen LogP contribution in [-0.2, 0) is 102 Å². The van der Waals surface area contributed by atoms with Gasteiger partial charge in [-0.1, -0.05) is 83.2 Å². The van der Waals surface area contributed by atoms with E-state index >= 15 is 0 Å². The average Bonchev–Trinajstić information content (AvgIpc) is 1.64. The second-order valence-corrected chi connectivity index (χ2v) is 27.8. The zero-order chi connectivity index (χ0) is 86.6. The number of esters is 1. The molecule has 2 aromatic carbocycles. The van der Waals surface area contributed by atoms with Gasteiger partial charge in [-0.25, -0.2) is 4.79 Å². The van der Waals surface area contributed by atoms with E-state index in [1.165, 1.54) is 24.3 Å². The molecule has 0 bridgehead atoms. The minimum absolute atomic E-state index is 0.0230. The molecule has 43 nitrogen and oxygen atoms in total. The minimum Gasteiger partial charge on any atom is -0.481 e. The largest absolute Gasteiger partial charge is 0.481 e. The monoisotopic (exact) mass is 1630 g/mol. The van der Waals surface area contributed by atoms with E-state index in [0.29, 0.717) is 35.2 Å². The molecule has 14 atom stereocenters. The fourth-order valence-corrected chi connectivity index (χ4v) is 11.8. The van der Waals surface area contributed by atoms with Gasteiger partial charge in [0.2, 0.25) is 82.7 Å². The Morgan fingerprint density at radius 3 is 1.72 bits per heavy atom. The van der Waals surface area contributed by atoms with Gasteiger partial charge in [0, 0.05) is 47.6 Å². The number of aliphatic carboxylic acids is 4. The summed E-state index contributed by atoms with van der Waals surface area (Å²) in [5.74, 6) is -29.2. The Bertz CT molecular complexity index is 4080. The number of nitrogens with one attached hydrogen (secondary N) is 14. The fraction of sp³-hybridized carbons (Fsp3) is 0.534. The van der Waals surface area contributed by atoms with Gasteiger partial charge in [0.15, 0.2) is 5.78 Å². The number of hydrogen-bond donors (Lipinski definition) is 22. The molecule has 25 N–H and O–H groups in total. The van der Waals surface area contributed by atoms with E-state index in [4.69, 9.17) is 21.9 Å². The summed E-state index contributed by atoms with van der Waals surface area (Å²) >= 11 is 0. The number of carboxylic acid groups (broad SMARTS) is 4. The summed E-state index contributed by atoms with van der Waals surface area (Å²) < 4.78 is 5.68. The second-order valence-electron chi connectivity index (χ2n) is 27.8. The molecule has 1 aromatic heterocycles. The van der Waals surface area contributed by atoms with Crippen molar-refractivity contribution in [2.75, 3.05) is 32.0 Å². The summed E-state index contributed by atoms with van der Waals surface area (Å²) in [5.41, 5.74) is 18.1. The van der Waals surface area contributed by atoms with Gasteiger partial charge >= 0.3 is 29.8 Å². The van der Waals surface area contributed by atoms with Crippen LogP contribution in [-0.4, -0.2) is 248 Å². The predicted molar refractivity (Wildman–Crippen MR) is 405 cm³/mol. The summed E-state index contributed by atoms with van der Waals surface area (Å²) in [7, 11) is 0. The lowest BCUT2D eigenvalue weighted by Crippen LogP contribution is -2.62. The lowest BCUT2D eigenvalue weighted by molar-refractivity contribution is -0.156. The van der Waals surface area contributed by atoms with E-state index < -0.39 is 261 Å². The second kappa shape index (κ2) is 47.7. The molecule has 1 fully saturated rings. The number of carbonyl (C=O) groups excluding carboxylic acids is 16. The summed E-state index contributed by atoms with van der Waals surface area (Å²) in [4.78, 5) is 276. The first kappa shape index (κ1) is 95.7. The first-order valence-corrected chi connectivity index (χ1v) is 37.2. The lowest BCUT2D eigenvalue weighted by atomic mass is 9.96. The van der Waals surface area contributed by atoms with Crippen molar-refractivity contribution < 1.29 is 126 Å². The van der Waals surface area contributed by atoms with Crippen molar-refractivity contribution in [3.63, 3.8) is 0 Å². The third-order valence-electron chi connectivity index (χ3n) is 18.4. The zero-order valence-electron chi connectivity index (χ0n) is 64.5. The van der Waals surface area contributed by atoms with Gasteiger partial charge in [-0.05, 0) is 75.3 Å². The van der Waals surface area contributed by atoms with E-state index in [9.17, 15) is 121 Å². The molecule has 0 spiro atoms. The Morgan fingerprint density at radius 1 is 0.560 bits per heavy atom. The first-order valence-electron chi connectivity index (χ1n) is 37.2. The number of ketones is 1. The number of fused-ring (bicyclic) bond motifs is 1. The molecule has 14 amide bonds. The highest BCUT2D eigenvalue weighted by molar-refractivity contribution is 6.05. The van der Waals surface area contributed by atoms with Crippen molar-refractivity contribution in [1.82, 2.24) is 74.1 Å². The molecule has 116 heavy (non-hydrogen) atoms. The van der Waals surface area contributed by atoms with E-state index in [0.717, 1.165) is 46.5 Å². The number of ether oxygens (including phenoxy) is 1. The van der Waals surface area contributed by atoms with Gasteiger partial charge in [-0.2, -0.15) is 0 Å². The third kappa shape index (κ3) is 32.4. The number of H-pyrrole nitrogens is 1. The topological polar surface area (TPSA) is 702 Å². The number of unbranched alkanes of at least 4 members (excludes halogenated alkanes) is 3. The number of cyclic esters (lactones) is 1. The fourth-order valence-electron chi connectivity index (χ4n) is 11.8. The number of aromatic amines is 1. The number of primary amides is 1.